The van der Waals surface area contributed by atoms with E-state index in [1.807, 2.05) is 6.07 Å². The van der Waals surface area contributed by atoms with Gasteiger partial charge in [-0.05, 0) is 44.0 Å². The summed E-state index contributed by atoms with van der Waals surface area (Å²) in [5.74, 6) is 0. The second-order valence-electron chi connectivity index (χ2n) is 7.40. The molecule has 1 aliphatic carbocycles. The molecule has 2 N–H and O–H groups in total. The van der Waals surface area contributed by atoms with Crippen molar-refractivity contribution in [2.24, 2.45) is 0 Å². The van der Waals surface area contributed by atoms with Gasteiger partial charge < -0.3 is 10.2 Å². The van der Waals surface area contributed by atoms with Crippen molar-refractivity contribution in [2.45, 2.75) is 44.6 Å². The molecule has 1 aliphatic heterocycles. The van der Waals surface area contributed by atoms with Gasteiger partial charge in [-0.2, -0.15) is 0 Å². The number of likely N-dealkylation sites (N-methyl/N-ethyl adjacent to an activating group) is 1. The van der Waals surface area contributed by atoms with Gasteiger partial charge in [-0.15, -0.1) is 24.8 Å². The minimum absolute atomic E-state index is 0. The maximum atomic E-state index is 6.32. The normalized spacial score (nSPS) is 19.6. The molecule has 28 heavy (non-hydrogen) atoms. The van der Waals surface area contributed by atoms with Crippen LogP contribution in [-0.4, -0.2) is 67.3 Å². The van der Waals surface area contributed by atoms with Crippen LogP contribution in [0.15, 0.2) is 18.2 Å². The number of ether oxygens (including phenoxy) is 1. The number of halogens is 4. The first-order chi connectivity index (χ1) is 12.1. The number of benzene rings is 1. The Morgan fingerprint density at radius 3 is 2.29 bits per heavy atom. The predicted molar refractivity (Wildman–Crippen MR) is 124 cm³/mol. The van der Waals surface area contributed by atoms with Crippen molar-refractivity contribution in [2.75, 3.05) is 45.9 Å². The molecule has 0 spiro atoms. The largest absolute Gasteiger partial charge is 0.412 e. The lowest BCUT2D eigenvalue weighted by molar-refractivity contribution is 0.0226. The van der Waals surface area contributed by atoms with Gasteiger partial charge in [0.15, 0.2) is 0 Å². The van der Waals surface area contributed by atoms with E-state index in [4.69, 9.17) is 27.9 Å². The Balaban J connectivity index is 0.00000243. The molecule has 1 aromatic carbocycles. The van der Waals surface area contributed by atoms with Crippen LogP contribution in [0.5, 0.6) is 0 Å². The third-order valence-corrected chi connectivity index (χ3v) is 7.04. The third-order valence-electron chi connectivity index (χ3n) is 6.30. The molecule has 8 heteroatoms. The fourth-order valence-corrected chi connectivity index (χ4v) is 4.68. The van der Waals surface area contributed by atoms with Crippen molar-refractivity contribution >= 4 is 48.0 Å². The van der Waals surface area contributed by atoms with Crippen molar-refractivity contribution in [3.63, 3.8) is 0 Å². The summed E-state index contributed by atoms with van der Waals surface area (Å²) in [6.07, 6.45) is 3.77. The molecule has 0 bridgehead atoms. The molecule has 1 heterocycles. The fraction of sp³-hybridized carbons (Fsp3) is 0.700. The lowest BCUT2D eigenvalue weighted by Crippen LogP contribution is -2.54. The summed E-state index contributed by atoms with van der Waals surface area (Å²) in [6, 6.07) is 6.73. The van der Waals surface area contributed by atoms with Crippen LogP contribution in [0.25, 0.3) is 0 Å². The minimum Gasteiger partial charge on any atom is -0.412 e. The molecule has 2 aliphatic rings. The summed E-state index contributed by atoms with van der Waals surface area (Å²) in [7, 11) is 0. The minimum atomic E-state index is 0. The van der Waals surface area contributed by atoms with E-state index >= 15 is 0 Å². The summed E-state index contributed by atoms with van der Waals surface area (Å²) in [5.41, 5.74) is 1.57. The van der Waals surface area contributed by atoms with Crippen molar-refractivity contribution in [1.82, 2.24) is 9.80 Å². The molecule has 4 nitrogen and oxygen atoms in total. The molecule has 1 atom stereocenters. The van der Waals surface area contributed by atoms with Crippen LogP contribution in [0.1, 0.15) is 38.7 Å². The molecule has 1 unspecified atom stereocenters. The van der Waals surface area contributed by atoms with Gasteiger partial charge in [-0.3, -0.25) is 9.80 Å². The first kappa shape index (κ1) is 28.2. The predicted octanol–water partition coefficient (Wildman–Crippen LogP) is 4.48. The Labute approximate surface area is 192 Å². The zero-order valence-corrected chi connectivity index (χ0v) is 19.9. The first-order valence-electron chi connectivity index (χ1n) is 9.56. The van der Waals surface area contributed by atoms with Crippen LogP contribution < -0.4 is 0 Å². The van der Waals surface area contributed by atoms with E-state index in [-0.39, 0.29) is 35.7 Å². The number of hydrogen-bond acceptors (Lipinski definition) is 3. The molecule has 1 aromatic rings. The quantitative estimate of drug-likeness (QED) is 0.584. The Morgan fingerprint density at radius 1 is 1.14 bits per heavy atom. The second kappa shape index (κ2) is 12.8. The highest BCUT2D eigenvalue weighted by atomic mass is 35.5. The first-order valence-corrected chi connectivity index (χ1v) is 10.3. The second-order valence-corrected chi connectivity index (χ2v) is 8.21. The number of hydrogen-bond donors (Lipinski definition) is 0. The Hall–Kier alpha value is 0.220. The van der Waals surface area contributed by atoms with Gasteiger partial charge in [0, 0.05) is 37.6 Å². The van der Waals surface area contributed by atoms with E-state index in [9.17, 15) is 0 Å². The van der Waals surface area contributed by atoms with Crippen molar-refractivity contribution < 1.29 is 10.2 Å². The Kier molecular flexibility index (Phi) is 12.9. The van der Waals surface area contributed by atoms with Crippen molar-refractivity contribution in [3.8, 4) is 0 Å². The highest BCUT2D eigenvalue weighted by molar-refractivity contribution is 6.42. The lowest BCUT2D eigenvalue weighted by Gasteiger charge is -2.51. The molecule has 164 valence electrons. The zero-order chi connectivity index (χ0) is 17.9. The SMILES string of the molecule is CCN(CCN1CCOCC1)C(C)C1(c2ccc(Cl)c(Cl)c2)CCC1.Cl.Cl.O. The van der Waals surface area contributed by atoms with Crippen molar-refractivity contribution in [1.29, 1.82) is 0 Å². The number of morpholine rings is 1. The van der Waals surface area contributed by atoms with Crippen LogP contribution in [-0.2, 0) is 10.2 Å². The zero-order valence-electron chi connectivity index (χ0n) is 16.8. The Morgan fingerprint density at radius 2 is 1.79 bits per heavy atom. The number of rotatable bonds is 7. The summed E-state index contributed by atoms with van der Waals surface area (Å²) in [4.78, 5) is 5.16. The fourth-order valence-electron chi connectivity index (χ4n) is 4.38. The van der Waals surface area contributed by atoms with E-state index in [0.29, 0.717) is 16.1 Å². The Bertz CT molecular complexity index is 581. The van der Waals surface area contributed by atoms with Gasteiger partial charge in [0.25, 0.3) is 0 Å². The van der Waals surface area contributed by atoms with Gasteiger partial charge in [0.1, 0.15) is 0 Å². The van der Waals surface area contributed by atoms with Crippen LogP contribution in [0, 0.1) is 0 Å². The van der Waals surface area contributed by atoms with E-state index in [1.54, 1.807) is 0 Å². The van der Waals surface area contributed by atoms with Gasteiger partial charge in [-0.25, -0.2) is 0 Å². The summed E-state index contributed by atoms with van der Waals surface area (Å²) >= 11 is 12.5. The molecule has 0 aromatic heterocycles. The molecule has 3 rings (SSSR count). The standard InChI is InChI=1S/C20H30Cl2N2O.2ClH.H2O/c1-3-24(10-9-23-11-13-25-14-12-23)16(2)20(7-4-8-20)17-5-6-18(21)19(22)15-17;;;/h5-6,15-16H,3-4,7-14H2,1-2H3;2*1H;1H2. The third kappa shape index (κ3) is 6.12. The van der Waals surface area contributed by atoms with Crippen LogP contribution in [0.2, 0.25) is 10.0 Å². The van der Waals surface area contributed by atoms with Gasteiger partial charge in [0.05, 0.1) is 23.3 Å². The molecule has 1 saturated heterocycles. The van der Waals surface area contributed by atoms with E-state index in [0.717, 1.165) is 45.9 Å². The van der Waals surface area contributed by atoms with Crippen LogP contribution in [0.4, 0.5) is 0 Å². The highest BCUT2D eigenvalue weighted by Crippen LogP contribution is 2.49. The average molecular weight is 476 g/mol. The van der Waals surface area contributed by atoms with E-state index in [1.165, 1.54) is 24.8 Å². The van der Waals surface area contributed by atoms with Gasteiger partial charge in [-0.1, -0.05) is 42.6 Å². The molecular weight excluding hydrogens is 442 g/mol. The van der Waals surface area contributed by atoms with Crippen LogP contribution in [0.3, 0.4) is 0 Å². The van der Waals surface area contributed by atoms with Crippen LogP contribution >= 0.6 is 48.0 Å². The monoisotopic (exact) mass is 474 g/mol. The lowest BCUT2D eigenvalue weighted by atomic mass is 9.60. The highest BCUT2D eigenvalue weighted by Gasteiger charge is 2.45. The average Bonchev–Trinajstić information content (AvgIpc) is 2.58. The summed E-state index contributed by atoms with van der Waals surface area (Å²) in [6.45, 7) is 11.8. The summed E-state index contributed by atoms with van der Waals surface area (Å²) in [5, 5.41) is 1.32. The van der Waals surface area contributed by atoms with Crippen molar-refractivity contribution in [3.05, 3.63) is 33.8 Å². The molecule has 2 fully saturated rings. The maximum absolute atomic E-state index is 6.32. The smallest absolute Gasteiger partial charge is 0.0595 e. The topological polar surface area (TPSA) is 47.2 Å². The van der Waals surface area contributed by atoms with E-state index in [2.05, 4.69) is 35.8 Å². The molecular formula is C20H34Cl4N2O2. The molecule has 1 saturated carbocycles. The van der Waals surface area contributed by atoms with Gasteiger partial charge in [0.2, 0.25) is 0 Å². The molecule has 0 amide bonds. The molecule has 0 radical (unpaired) electrons. The number of nitrogens with zero attached hydrogens (tertiary/aromatic N) is 2. The van der Waals surface area contributed by atoms with E-state index < -0.39 is 0 Å². The van der Waals surface area contributed by atoms with Gasteiger partial charge >= 0.3 is 0 Å². The maximum Gasteiger partial charge on any atom is 0.0595 e. The summed E-state index contributed by atoms with van der Waals surface area (Å²) < 4.78 is 5.46.